The molecule has 1 N–H and O–H groups in total. The van der Waals surface area contributed by atoms with E-state index in [1.807, 2.05) is 12.1 Å². The van der Waals surface area contributed by atoms with Crippen molar-refractivity contribution in [1.82, 2.24) is 10.2 Å². The Hall–Kier alpha value is -2.50. The SMILES string of the molecule is CN=C(NCc1ccc(OC)c(OC(F)F)c1)N1CCN(c2ccc(OC)cc2)CC1.I. The maximum Gasteiger partial charge on any atom is 0.387 e. The van der Waals surface area contributed by atoms with Gasteiger partial charge < -0.3 is 29.3 Å². The highest BCUT2D eigenvalue weighted by Gasteiger charge is 2.20. The third-order valence-corrected chi connectivity index (χ3v) is 5.12. The number of nitrogens with one attached hydrogen (secondary N) is 1. The number of alkyl halides is 2. The zero-order valence-electron chi connectivity index (χ0n) is 18.4. The van der Waals surface area contributed by atoms with Crippen molar-refractivity contribution in [3.8, 4) is 17.2 Å². The number of methoxy groups -OCH3 is 2. The Morgan fingerprint density at radius 2 is 1.69 bits per heavy atom. The molecule has 1 aliphatic rings. The number of nitrogens with zero attached hydrogens (tertiary/aromatic N) is 3. The fourth-order valence-electron chi connectivity index (χ4n) is 3.50. The summed E-state index contributed by atoms with van der Waals surface area (Å²) >= 11 is 0. The van der Waals surface area contributed by atoms with Crippen molar-refractivity contribution >= 4 is 35.6 Å². The summed E-state index contributed by atoms with van der Waals surface area (Å²) in [4.78, 5) is 8.87. The summed E-state index contributed by atoms with van der Waals surface area (Å²) in [7, 11) is 4.81. The minimum absolute atomic E-state index is 0. The van der Waals surface area contributed by atoms with Crippen LogP contribution in [0.5, 0.6) is 17.2 Å². The highest BCUT2D eigenvalue weighted by Crippen LogP contribution is 2.29. The molecule has 0 bridgehead atoms. The van der Waals surface area contributed by atoms with E-state index in [0.29, 0.717) is 6.54 Å². The van der Waals surface area contributed by atoms with Gasteiger partial charge in [-0.05, 0) is 42.0 Å². The van der Waals surface area contributed by atoms with Gasteiger partial charge in [0, 0.05) is 45.5 Å². The van der Waals surface area contributed by atoms with E-state index in [4.69, 9.17) is 9.47 Å². The molecule has 2 aromatic carbocycles. The van der Waals surface area contributed by atoms with E-state index in [-0.39, 0.29) is 35.5 Å². The van der Waals surface area contributed by atoms with Gasteiger partial charge >= 0.3 is 6.61 Å². The molecule has 176 valence electrons. The minimum Gasteiger partial charge on any atom is -0.497 e. The molecule has 0 spiro atoms. The van der Waals surface area contributed by atoms with Gasteiger partial charge in [-0.2, -0.15) is 8.78 Å². The van der Waals surface area contributed by atoms with Gasteiger partial charge in [-0.1, -0.05) is 6.07 Å². The first-order valence-electron chi connectivity index (χ1n) is 10.0. The Labute approximate surface area is 204 Å². The lowest BCUT2D eigenvalue weighted by Gasteiger charge is -2.37. The van der Waals surface area contributed by atoms with Crippen LogP contribution in [0.2, 0.25) is 0 Å². The normalized spacial score (nSPS) is 14.1. The molecule has 10 heteroatoms. The topological polar surface area (TPSA) is 58.6 Å². The smallest absolute Gasteiger partial charge is 0.387 e. The Morgan fingerprint density at radius 1 is 1.00 bits per heavy atom. The summed E-state index contributed by atoms with van der Waals surface area (Å²) in [5.41, 5.74) is 1.95. The van der Waals surface area contributed by atoms with Gasteiger partial charge in [0.2, 0.25) is 0 Å². The average molecular weight is 562 g/mol. The molecule has 1 aliphatic heterocycles. The summed E-state index contributed by atoms with van der Waals surface area (Å²) in [5, 5.41) is 3.30. The minimum atomic E-state index is -2.91. The van der Waals surface area contributed by atoms with Crippen LogP contribution in [0.15, 0.2) is 47.5 Å². The fourth-order valence-corrected chi connectivity index (χ4v) is 3.50. The summed E-state index contributed by atoms with van der Waals surface area (Å²) in [6.45, 7) is 0.868. The summed E-state index contributed by atoms with van der Waals surface area (Å²) < 4.78 is 40.1. The number of rotatable bonds is 7. The van der Waals surface area contributed by atoms with Crippen molar-refractivity contribution < 1.29 is 23.0 Å². The lowest BCUT2D eigenvalue weighted by molar-refractivity contribution is -0.0512. The van der Waals surface area contributed by atoms with E-state index in [1.165, 1.54) is 7.11 Å². The highest BCUT2D eigenvalue weighted by molar-refractivity contribution is 14.0. The number of hydrogen-bond acceptors (Lipinski definition) is 5. The second kappa shape index (κ2) is 12.5. The van der Waals surface area contributed by atoms with E-state index in [2.05, 4.69) is 37.0 Å². The number of anilines is 1. The molecule has 0 unspecified atom stereocenters. The molecule has 1 saturated heterocycles. The van der Waals surface area contributed by atoms with E-state index < -0.39 is 6.61 Å². The molecule has 0 aliphatic carbocycles. The summed E-state index contributed by atoms with van der Waals surface area (Å²) in [5.74, 6) is 1.89. The Morgan fingerprint density at radius 3 is 2.25 bits per heavy atom. The van der Waals surface area contributed by atoms with Crippen molar-refractivity contribution in [3.05, 3.63) is 48.0 Å². The summed E-state index contributed by atoms with van der Waals surface area (Å²) in [6, 6.07) is 13.0. The van der Waals surface area contributed by atoms with Crippen LogP contribution in [0.1, 0.15) is 5.56 Å². The molecule has 2 aromatic rings. The molecule has 0 radical (unpaired) electrons. The third kappa shape index (κ3) is 6.75. The van der Waals surface area contributed by atoms with E-state index in [9.17, 15) is 8.78 Å². The first kappa shape index (κ1) is 25.8. The molecular weight excluding hydrogens is 533 g/mol. The maximum absolute atomic E-state index is 12.6. The second-order valence-corrected chi connectivity index (χ2v) is 6.94. The monoisotopic (exact) mass is 562 g/mol. The average Bonchev–Trinajstić information content (AvgIpc) is 2.80. The number of guanidine groups is 1. The molecular formula is C22H29F2IN4O3. The number of hydrogen-bond donors (Lipinski definition) is 1. The van der Waals surface area contributed by atoms with Gasteiger partial charge in [0.05, 0.1) is 14.2 Å². The van der Waals surface area contributed by atoms with Crippen molar-refractivity contribution in [1.29, 1.82) is 0 Å². The van der Waals surface area contributed by atoms with Crippen LogP contribution in [-0.2, 0) is 6.54 Å². The summed E-state index contributed by atoms with van der Waals surface area (Å²) in [6.07, 6.45) is 0. The second-order valence-electron chi connectivity index (χ2n) is 6.94. The van der Waals surface area contributed by atoms with Gasteiger partial charge in [0.25, 0.3) is 0 Å². The molecule has 1 heterocycles. The van der Waals surface area contributed by atoms with Crippen LogP contribution in [-0.4, -0.2) is 64.9 Å². The first-order chi connectivity index (χ1) is 15.0. The number of benzene rings is 2. The quantitative estimate of drug-likeness (QED) is 0.315. The van der Waals surface area contributed by atoms with Gasteiger partial charge in [-0.3, -0.25) is 4.99 Å². The zero-order chi connectivity index (χ0) is 22.2. The van der Waals surface area contributed by atoms with E-state index in [0.717, 1.165) is 49.1 Å². The largest absolute Gasteiger partial charge is 0.497 e. The molecule has 3 rings (SSSR count). The lowest BCUT2D eigenvalue weighted by Crippen LogP contribution is -2.52. The molecule has 0 amide bonds. The van der Waals surface area contributed by atoms with E-state index in [1.54, 1.807) is 32.4 Å². The van der Waals surface area contributed by atoms with Crippen LogP contribution in [0, 0.1) is 0 Å². The predicted octanol–water partition coefficient (Wildman–Crippen LogP) is 3.82. The van der Waals surface area contributed by atoms with Crippen LogP contribution in [0.25, 0.3) is 0 Å². The molecule has 7 nitrogen and oxygen atoms in total. The highest BCUT2D eigenvalue weighted by atomic mass is 127. The molecule has 0 saturated carbocycles. The van der Waals surface area contributed by atoms with Gasteiger partial charge in [-0.25, -0.2) is 0 Å². The van der Waals surface area contributed by atoms with Crippen molar-refractivity contribution in [3.63, 3.8) is 0 Å². The fraction of sp³-hybridized carbons (Fsp3) is 0.409. The zero-order valence-corrected chi connectivity index (χ0v) is 20.7. The molecule has 0 atom stereocenters. The lowest BCUT2D eigenvalue weighted by atomic mass is 10.2. The third-order valence-electron chi connectivity index (χ3n) is 5.12. The van der Waals surface area contributed by atoms with Crippen LogP contribution < -0.4 is 24.4 Å². The molecule has 1 fully saturated rings. The van der Waals surface area contributed by atoms with Crippen LogP contribution >= 0.6 is 24.0 Å². The van der Waals surface area contributed by atoms with Gasteiger partial charge in [0.1, 0.15) is 5.75 Å². The number of piperazine rings is 1. The predicted molar refractivity (Wildman–Crippen MR) is 132 cm³/mol. The van der Waals surface area contributed by atoms with Crippen molar-refractivity contribution in [2.45, 2.75) is 13.2 Å². The number of aliphatic imine (C=N–C) groups is 1. The van der Waals surface area contributed by atoms with Crippen molar-refractivity contribution in [2.75, 3.05) is 52.3 Å². The Bertz CT molecular complexity index is 876. The number of halogens is 3. The molecule has 0 aromatic heterocycles. The van der Waals surface area contributed by atoms with E-state index >= 15 is 0 Å². The number of ether oxygens (including phenoxy) is 3. The molecule has 32 heavy (non-hydrogen) atoms. The van der Waals surface area contributed by atoms with Crippen LogP contribution in [0.3, 0.4) is 0 Å². The van der Waals surface area contributed by atoms with Gasteiger partial charge in [0.15, 0.2) is 17.5 Å². The standard InChI is InChI=1S/C22H28F2N4O3.HI/c1-25-22(26-15-16-4-9-19(30-3)20(14-16)31-21(23)24)28-12-10-27(11-13-28)17-5-7-18(29-2)8-6-17;/h4-9,14,21H,10-13,15H2,1-3H3,(H,25,26);1H. The first-order valence-corrected chi connectivity index (χ1v) is 10.0. The maximum atomic E-state index is 12.6. The van der Waals surface area contributed by atoms with Gasteiger partial charge in [-0.15, -0.1) is 24.0 Å². The Balaban J connectivity index is 0.00000363. The Kier molecular flexibility index (Phi) is 10.1. The van der Waals surface area contributed by atoms with Crippen LogP contribution in [0.4, 0.5) is 14.5 Å². The van der Waals surface area contributed by atoms with Crippen molar-refractivity contribution in [2.24, 2.45) is 4.99 Å².